The zero-order valence-electron chi connectivity index (χ0n) is 12.2. The maximum Gasteiger partial charge on any atom is 0.328 e. The smallest absolute Gasteiger partial charge is 0.328 e. The highest BCUT2D eigenvalue weighted by Gasteiger charge is 2.13. The minimum absolute atomic E-state index is 0.00935. The number of rotatable bonds is 6. The maximum atomic E-state index is 13.7. The van der Waals surface area contributed by atoms with E-state index >= 15 is 0 Å². The summed E-state index contributed by atoms with van der Waals surface area (Å²) in [6.07, 6.45) is 1.90. The molecular weight excluding hydrogens is 282 g/mol. The van der Waals surface area contributed by atoms with Crippen molar-refractivity contribution in [2.75, 3.05) is 13.2 Å². The quantitative estimate of drug-likeness (QED) is 0.647. The largest absolute Gasteiger partial charge is 0.485 e. The van der Waals surface area contributed by atoms with E-state index in [1.807, 2.05) is 20.8 Å². The summed E-state index contributed by atoms with van der Waals surface area (Å²) < 4.78 is 37.8. The molecular formula is C15H18F2O4. The van der Waals surface area contributed by atoms with E-state index in [9.17, 15) is 13.6 Å². The van der Waals surface area contributed by atoms with Gasteiger partial charge in [0.15, 0.2) is 17.4 Å². The first-order valence-corrected chi connectivity index (χ1v) is 6.36. The highest BCUT2D eigenvalue weighted by atomic mass is 19.1. The molecule has 0 atom stereocenters. The van der Waals surface area contributed by atoms with Gasteiger partial charge in [0, 0.05) is 6.08 Å². The summed E-state index contributed by atoms with van der Waals surface area (Å²) in [5.41, 5.74) is -0.253. The molecule has 0 bridgehead atoms. The van der Waals surface area contributed by atoms with Crippen molar-refractivity contribution in [2.24, 2.45) is 0 Å². The monoisotopic (exact) mass is 300 g/mol. The van der Waals surface area contributed by atoms with Crippen LogP contribution in [0.1, 0.15) is 26.3 Å². The van der Waals surface area contributed by atoms with Crippen LogP contribution < -0.4 is 4.74 Å². The van der Waals surface area contributed by atoms with Gasteiger partial charge in [-0.1, -0.05) is 0 Å². The second-order valence-corrected chi connectivity index (χ2v) is 5.29. The van der Waals surface area contributed by atoms with Crippen molar-refractivity contribution in [3.63, 3.8) is 0 Å². The molecule has 6 heteroatoms. The average molecular weight is 300 g/mol. The summed E-state index contributed by atoms with van der Waals surface area (Å²) in [5.74, 6) is -3.48. The number of carbonyl (C=O) groups is 1. The first-order chi connectivity index (χ1) is 9.69. The number of carboxylic acids is 1. The van der Waals surface area contributed by atoms with Crippen molar-refractivity contribution < 1.29 is 28.2 Å². The van der Waals surface area contributed by atoms with E-state index in [-0.39, 0.29) is 24.4 Å². The third-order valence-corrected chi connectivity index (χ3v) is 2.30. The van der Waals surface area contributed by atoms with Crippen LogP contribution in [0.15, 0.2) is 18.2 Å². The molecule has 0 aromatic heterocycles. The molecule has 0 radical (unpaired) electrons. The fourth-order valence-corrected chi connectivity index (χ4v) is 1.47. The van der Waals surface area contributed by atoms with E-state index in [0.29, 0.717) is 0 Å². The minimum atomic E-state index is -1.20. The second-order valence-electron chi connectivity index (χ2n) is 5.29. The number of benzene rings is 1. The zero-order valence-corrected chi connectivity index (χ0v) is 12.2. The topological polar surface area (TPSA) is 55.8 Å². The molecule has 116 valence electrons. The van der Waals surface area contributed by atoms with Crippen molar-refractivity contribution in [3.05, 3.63) is 35.4 Å². The van der Waals surface area contributed by atoms with E-state index in [2.05, 4.69) is 0 Å². The van der Waals surface area contributed by atoms with Gasteiger partial charge in [-0.2, -0.15) is 0 Å². The van der Waals surface area contributed by atoms with Gasteiger partial charge in [-0.15, -0.1) is 0 Å². The Bertz CT molecular complexity index is 510. The lowest BCUT2D eigenvalue weighted by Gasteiger charge is -2.19. The Hall–Kier alpha value is -1.95. The maximum absolute atomic E-state index is 13.7. The van der Waals surface area contributed by atoms with Gasteiger partial charge in [-0.25, -0.2) is 13.6 Å². The van der Waals surface area contributed by atoms with Crippen molar-refractivity contribution in [1.82, 2.24) is 0 Å². The first kappa shape index (κ1) is 17.1. The molecule has 0 aliphatic heterocycles. The van der Waals surface area contributed by atoms with Gasteiger partial charge < -0.3 is 14.6 Å². The van der Waals surface area contributed by atoms with Crippen LogP contribution in [0.3, 0.4) is 0 Å². The Morgan fingerprint density at radius 3 is 2.29 bits per heavy atom. The summed E-state index contributed by atoms with van der Waals surface area (Å²) in [6.45, 7) is 5.78. The zero-order chi connectivity index (χ0) is 16.0. The molecule has 1 aromatic carbocycles. The van der Waals surface area contributed by atoms with Crippen molar-refractivity contribution in [1.29, 1.82) is 0 Å². The van der Waals surface area contributed by atoms with Gasteiger partial charge in [0.1, 0.15) is 6.61 Å². The molecule has 0 saturated carbocycles. The lowest BCUT2D eigenvalue weighted by Crippen LogP contribution is -2.22. The Kier molecular flexibility index (Phi) is 5.84. The molecule has 0 amide bonds. The summed E-state index contributed by atoms with van der Waals surface area (Å²) >= 11 is 0. The van der Waals surface area contributed by atoms with Crippen LogP contribution in [0.5, 0.6) is 5.75 Å². The Labute approximate surface area is 122 Å². The van der Waals surface area contributed by atoms with E-state index in [4.69, 9.17) is 14.6 Å². The Morgan fingerprint density at radius 2 is 1.81 bits per heavy atom. The lowest BCUT2D eigenvalue weighted by atomic mass is 10.2. The number of aliphatic carboxylic acids is 1. The van der Waals surface area contributed by atoms with Gasteiger partial charge in [0.2, 0.25) is 0 Å². The summed E-state index contributed by atoms with van der Waals surface area (Å²) in [4.78, 5) is 10.4. The predicted molar refractivity (Wildman–Crippen MR) is 74.2 cm³/mol. The minimum Gasteiger partial charge on any atom is -0.485 e. The first-order valence-electron chi connectivity index (χ1n) is 6.36. The van der Waals surface area contributed by atoms with Gasteiger partial charge in [-0.3, -0.25) is 0 Å². The van der Waals surface area contributed by atoms with Crippen molar-refractivity contribution in [3.8, 4) is 5.75 Å². The molecule has 0 fully saturated rings. The summed E-state index contributed by atoms with van der Waals surface area (Å²) in [6, 6.07) is 2.00. The fraction of sp³-hybridized carbons (Fsp3) is 0.400. The predicted octanol–water partition coefficient (Wildman–Crippen LogP) is 3.26. The second kappa shape index (κ2) is 7.17. The number of ether oxygens (including phenoxy) is 2. The summed E-state index contributed by atoms with van der Waals surface area (Å²) in [5, 5.41) is 8.46. The standard InChI is InChI=1S/C15H18F2O4/c1-15(2,3)21-7-6-20-14-11(16)8-10(9-12(14)17)4-5-13(18)19/h4-5,8-9H,6-7H2,1-3H3,(H,18,19)/b5-4+. The van der Waals surface area contributed by atoms with Crippen LogP contribution >= 0.6 is 0 Å². The molecule has 1 aromatic rings. The third kappa shape index (κ3) is 6.35. The Balaban J connectivity index is 2.70. The molecule has 0 saturated heterocycles. The molecule has 0 spiro atoms. The highest BCUT2D eigenvalue weighted by Crippen LogP contribution is 2.24. The molecule has 0 aliphatic rings. The van der Waals surface area contributed by atoms with Crippen LogP contribution in [0.25, 0.3) is 6.08 Å². The van der Waals surface area contributed by atoms with Gasteiger partial charge in [0.05, 0.1) is 12.2 Å². The molecule has 0 heterocycles. The Morgan fingerprint density at radius 1 is 1.24 bits per heavy atom. The van der Waals surface area contributed by atoms with Gasteiger partial charge in [-0.05, 0) is 44.5 Å². The summed E-state index contributed by atoms with van der Waals surface area (Å²) in [7, 11) is 0. The molecule has 4 nitrogen and oxygen atoms in total. The highest BCUT2D eigenvalue weighted by molar-refractivity contribution is 5.85. The molecule has 0 aliphatic carbocycles. The third-order valence-electron chi connectivity index (χ3n) is 2.30. The molecule has 1 N–H and O–H groups in total. The molecule has 21 heavy (non-hydrogen) atoms. The average Bonchev–Trinajstić information content (AvgIpc) is 2.33. The molecule has 0 unspecified atom stereocenters. The SMILES string of the molecule is CC(C)(C)OCCOc1c(F)cc(/C=C/C(=O)O)cc1F. The van der Waals surface area contributed by atoms with Crippen LogP contribution in [0.2, 0.25) is 0 Å². The fourth-order valence-electron chi connectivity index (χ4n) is 1.47. The van der Waals surface area contributed by atoms with Crippen molar-refractivity contribution in [2.45, 2.75) is 26.4 Å². The van der Waals surface area contributed by atoms with E-state index in [1.165, 1.54) is 0 Å². The van der Waals surface area contributed by atoms with Crippen LogP contribution in [0, 0.1) is 11.6 Å². The lowest BCUT2D eigenvalue weighted by molar-refractivity contribution is -0.131. The van der Waals surface area contributed by atoms with E-state index in [0.717, 1.165) is 24.3 Å². The van der Waals surface area contributed by atoms with Gasteiger partial charge in [0.25, 0.3) is 0 Å². The normalized spacial score (nSPS) is 11.9. The number of hydrogen-bond acceptors (Lipinski definition) is 3. The van der Waals surface area contributed by atoms with Gasteiger partial charge >= 0.3 is 5.97 Å². The number of carboxylic acid groups (broad SMARTS) is 1. The molecule has 1 rings (SSSR count). The number of halogens is 2. The van der Waals surface area contributed by atoms with E-state index in [1.54, 1.807) is 0 Å². The van der Waals surface area contributed by atoms with Crippen LogP contribution in [-0.2, 0) is 9.53 Å². The van der Waals surface area contributed by atoms with E-state index < -0.39 is 23.4 Å². The van der Waals surface area contributed by atoms with Crippen molar-refractivity contribution >= 4 is 12.0 Å². The number of hydrogen-bond donors (Lipinski definition) is 1. The van der Waals surface area contributed by atoms with Crippen LogP contribution in [0.4, 0.5) is 8.78 Å². The van der Waals surface area contributed by atoms with Crippen LogP contribution in [-0.4, -0.2) is 29.9 Å².